The van der Waals surface area contributed by atoms with Crippen LogP contribution in [0.1, 0.15) is 37.6 Å². The van der Waals surface area contributed by atoms with E-state index in [1.165, 1.54) is 48.8 Å². The lowest BCUT2D eigenvalue weighted by atomic mass is 9.90. The SMILES string of the molecule is CC(C)(C)CC(NC(=O)c1ccc(Cl)cc1)N/C(=N\S(=O)(=O)C(F)(F)F)Nc1cccnc1. The Hall–Kier alpha value is -2.86. The topological polar surface area (TPSA) is 113 Å². The second-order valence-corrected chi connectivity index (χ2v) is 10.2. The number of rotatable bonds is 6. The summed E-state index contributed by atoms with van der Waals surface area (Å²) in [5, 5.41) is 8.11. The first-order chi connectivity index (χ1) is 15.2. The van der Waals surface area contributed by atoms with E-state index in [9.17, 15) is 26.4 Å². The molecule has 2 rings (SSSR count). The summed E-state index contributed by atoms with van der Waals surface area (Å²) in [6.45, 7) is 5.52. The van der Waals surface area contributed by atoms with Gasteiger partial charge in [-0.25, -0.2) is 0 Å². The van der Waals surface area contributed by atoms with E-state index < -0.39 is 39.0 Å². The second-order valence-electron chi connectivity index (χ2n) is 8.17. The predicted molar refractivity (Wildman–Crippen MR) is 120 cm³/mol. The molecule has 2 aromatic rings. The van der Waals surface area contributed by atoms with E-state index in [0.29, 0.717) is 5.02 Å². The fourth-order valence-electron chi connectivity index (χ4n) is 2.59. The summed E-state index contributed by atoms with van der Waals surface area (Å²) in [6.07, 6.45) is 1.92. The lowest BCUT2D eigenvalue weighted by molar-refractivity contribution is -0.0435. The molecular weight excluding hydrogens is 483 g/mol. The number of benzene rings is 1. The Morgan fingerprint density at radius 3 is 2.27 bits per heavy atom. The number of halogens is 4. The predicted octanol–water partition coefficient (Wildman–Crippen LogP) is 4.13. The maximum Gasteiger partial charge on any atom is 0.518 e. The Morgan fingerprint density at radius 1 is 1.12 bits per heavy atom. The van der Waals surface area contributed by atoms with Gasteiger partial charge in [0.2, 0.25) is 5.96 Å². The Labute approximate surface area is 194 Å². The van der Waals surface area contributed by atoms with Crippen LogP contribution in [0.3, 0.4) is 0 Å². The van der Waals surface area contributed by atoms with Crippen molar-refractivity contribution in [3.63, 3.8) is 0 Å². The van der Waals surface area contributed by atoms with Gasteiger partial charge in [0.05, 0.1) is 11.9 Å². The van der Waals surface area contributed by atoms with Gasteiger partial charge >= 0.3 is 15.5 Å². The van der Waals surface area contributed by atoms with Crippen molar-refractivity contribution in [2.45, 2.75) is 38.9 Å². The lowest BCUT2D eigenvalue weighted by Crippen LogP contribution is -2.51. The van der Waals surface area contributed by atoms with Gasteiger partial charge < -0.3 is 16.0 Å². The molecule has 0 saturated heterocycles. The van der Waals surface area contributed by atoms with Crippen molar-refractivity contribution >= 4 is 39.2 Å². The number of sulfonamides is 1. The fourth-order valence-corrected chi connectivity index (χ4v) is 3.16. The smallest absolute Gasteiger partial charge is 0.335 e. The minimum absolute atomic E-state index is 0.180. The van der Waals surface area contributed by atoms with E-state index in [1.807, 2.05) is 20.8 Å². The van der Waals surface area contributed by atoms with E-state index in [0.717, 1.165) is 0 Å². The number of hydrogen-bond acceptors (Lipinski definition) is 4. The zero-order chi connectivity index (χ0) is 24.9. The van der Waals surface area contributed by atoms with Crippen LogP contribution in [0, 0.1) is 5.41 Å². The van der Waals surface area contributed by atoms with Gasteiger partial charge in [-0.3, -0.25) is 9.78 Å². The molecule has 0 aliphatic rings. The number of carbonyl (C=O) groups excluding carboxylic acids is 1. The number of carbonyl (C=O) groups is 1. The molecule has 0 spiro atoms. The highest BCUT2D eigenvalue weighted by Crippen LogP contribution is 2.25. The van der Waals surface area contributed by atoms with Crippen molar-refractivity contribution in [2.75, 3.05) is 5.32 Å². The van der Waals surface area contributed by atoms with Crippen LogP contribution in [0.25, 0.3) is 0 Å². The summed E-state index contributed by atoms with van der Waals surface area (Å²) >= 11 is 5.83. The standard InChI is InChI=1S/C20H23ClF3N5O3S/c1-19(2,3)11-16(27-17(30)13-6-8-14(21)9-7-13)28-18(26-15-5-4-10-25-12-15)29-33(31,32)20(22,23)24/h4-10,12,16H,11H2,1-3H3,(H,27,30)(H2,26,28,29). The summed E-state index contributed by atoms with van der Waals surface area (Å²) < 4.78 is 65.1. The van der Waals surface area contributed by atoms with Gasteiger partial charge in [-0.05, 0) is 48.2 Å². The Kier molecular flexibility index (Phi) is 8.30. The number of nitrogens with zero attached hydrogens (tertiary/aromatic N) is 2. The molecule has 0 aliphatic heterocycles. The molecule has 3 N–H and O–H groups in total. The summed E-state index contributed by atoms with van der Waals surface area (Å²) in [5.41, 5.74) is -5.59. The van der Waals surface area contributed by atoms with Crippen LogP contribution in [0.4, 0.5) is 18.9 Å². The maximum atomic E-state index is 13.0. The van der Waals surface area contributed by atoms with Gasteiger partial charge in [0, 0.05) is 16.8 Å². The molecule has 1 aromatic heterocycles. The van der Waals surface area contributed by atoms with Crippen molar-refractivity contribution in [3.05, 3.63) is 59.4 Å². The summed E-state index contributed by atoms with van der Waals surface area (Å²) in [4.78, 5) is 16.5. The minimum Gasteiger partial charge on any atom is -0.335 e. The second kappa shape index (κ2) is 10.4. The Bertz CT molecular complexity index is 1090. The monoisotopic (exact) mass is 505 g/mol. The van der Waals surface area contributed by atoms with Crippen molar-refractivity contribution < 1.29 is 26.4 Å². The van der Waals surface area contributed by atoms with Crippen LogP contribution < -0.4 is 16.0 Å². The van der Waals surface area contributed by atoms with E-state index in [2.05, 4.69) is 25.3 Å². The Balaban J connectivity index is 2.38. The zero-order valence-corrected chi connectivity index (χ0v) is 19.5. The molecule has 180 valence electrons. The molecule has 1 aromatic carbocycles. The highest BCUT2D eigenvalue weighted by atomic mass is 35.5. The molecule has 1 heterocycles. The number of hydrogen-bond donors (Lipinski definition) is 3. The van der Waals surface area contributed by atoms with Crippen LogP contribution in [0.15, 0.2) is 53.2 Å². The largest absolute Gasteiger partial charge is 0.518 e. The molecule has 0 radical (unpaired) electrons. The zero-order valence-electron chi connectivity index (χ0n) is 17.9. The third-order valence-corrected chi connectivity index (χ3v) is 5.23. The summed E-state index contributed by atoms with van der Waals surface area (Å²) in [6, 6.07) is 8.92. The van der Waals surface area contributed by atoms with E-state index in [-0.39, 0.29) is 17.7 Å². The van der Waals surface area contributed by atoms with Crippen molar-refractivity contribution in [1.29, 1.82) is 0 Å². The van der Waals surface area contributed by atoms with E-state index in [4.69, 9.17) is 11.6 Å². The average Bonchev–Trinajstić information content (AvgIpc) is 2.66. The minimum atomic E-state index is -5.88. The van der Waals surface area contributed by atoms with E-state index >= 15 is 0 Å². The molecule has 8 nitrogen and oxygen atoms in total. The number of alkyl halides is 3. The van der Waals surface area contributed by atoms with Gasteiger partial charge in [0.1, 0.15) is 6.17 Å². The number of pyridine rings is 1. The van der Waals surface area contributed by atoms with Gasteiger partial charge in [0.25, 0.3) is 5.91 Å². The van der Waals surface area contributed by atoms with Gasteiger partial charge in [-0.15, -0.1) is 4.40 Å². The average molecular weight is 506 g/mol. The first kappa shape index (κ1) is 26.4. The van der Waals surface area contributed by atoms with Crippen molar-refractivity contribution in [1.82, 2.24) is 15.6 Å². The number of nitrogens with one attached hydrogen (secondary N) is 3. The molecule has 0 aliphatic carbocycles. The quantitative estimate of drug-likeness (QED) is 0.309. The van der Waals surface area contributed by atoms with Crippen LogP contribution in [-0.2, 0) is 10.0 Å². The van der Waals surface area contributed by atoms with Gasteiger partial charge in [-0.2, -0.15) is 21.6 Å². The molecule has 1 unspecified atom stereocenters. The molecule has 0 saturated carbocycles. The fraction of sp³-hybridized carbons (Fsp3) is 0.350. The molecular formula is C20H23ClF3N5O3S. The van der Waals surface area contributed by atoms with Gasteiger partial charge in [0.15, 0.2) is 0 Å². The summed E-state index contributed by atoms with van der Waals surface area (Å²) in [5.74, 6) is -1.28. The van der Waals surface area contributed by atoms with Crippen molar-refractivity contribution in [3.8, 4) is 0 Å². The van der Waals surface area contributed by atoms with Gasteiger partial charge in [-0.1, -0.05) is 32.4 Å². The number of aromatic nitrogens is 1. The third-order valence-electron chi connectivity index (χ3n) is 3.97. The highest BCUT2D eigenvalue weighted by Gasteiger charge is 2.46. The van der Waals surface area contributed by atoms with Crippen LogP contribution >= 0.6 is 11.6 Å². The highest BCUT2D eigenvalue weighted by molar-refractivity contribution is 7.91. The third kappa shape index (κ3) is 8.54. The number of guanidine groups is 1. The molecule has 33 heavy (non-hydrogen) atoms. The Morgan fingerprint density at radius 2 is 1.76 bits per heavy atom. The number of anilines is 1. The van der Waals surface area contributed by atoms with Crippen molar-refractivity contribution in [2.24, 2.45) is 9.81 Å². The van der Waals surface area contributed by atoms with Crippen LogP contribution in [0.2, 0.25) is 5.02 Å². The first-order valence-electron chi connectivity index (χ1n) is 9.57. The molecule has 1 atom stereocenters. The molecule has 13 heteroatoms. The summed E-state index contributed by atoms with van der Waals surface area (Å²) in [7, 11) is -5.88. The normalized spacial score (nSPS) is 13.8. The van der Waals surface area contributed by atoms with Crippen LogP contribution in [-0.4, -0.2) is 36.9 Å². The molecule has 0 bridgehead atoms. The van der Waals surface area contributed by atoms with E-state index in [1.54, 1.807) is 0 Å². The van der Waals surface area contributed by atoms with Crippen LogP contribution in [0.5, 0.6) is 0 Å². The maximum absolute atomic E-state index is 13.0. The lowest BCUT2D eigenvalue weighted by Gasteiger charge is -2.29. The first-order valence-corrected chi connectivity index (χ1v) is 11.4. The number of amides is 1. The molecule has 0 fully saturated rings. The molecule has 1 amide bonds.